The molecule has 0 unspecified atom stereocenters. The molecule has 2 atom stereocenters. The first kappa shape index (κ1) is 15.8. The number of hydrogen-bond acceptors (Lipinski definition) is 3. The van der Waals surface area contributed by atoms with Crippen LogP contribution in [0.1, 0.15) is 19.4 Å². The predicted octanol–water partition coefficient (Wildman–Crippen LogP) is 0.842. The molecular formula is C15H19ClN3O2+. The van der Waals surface area contributed by atoms with Crippen molar-refractivity contribution < 1.29 is 14.4 Å². The Kier molecular flexibility index (Phi) is 5.18. The van der Waals surface area contributed by atoms with Crippen LogP contribution in [0.3, 0.4) is 0 Å². The van der Waals surface area contributed by atoms with E-state index in [9.17, 15) is 4.79 Å². The Morgan fingerprint density at radius 3 is 2.71 bits per heavy atom. The molecule has 5 nitrogen and oxygen atoms in total. The third-order valence-corrected chi connectivity index (χ3v) is 3.71. The van der Waals surface area contributed by atoms with Gasteiger partial charge in [-0.3, -0.25) is 4.79 Å². The van der Waals surface area contributed by atoms with Gasteiger partial charge in [-0.1, -0.05) is 11.6 Å². The normalized spacial score (nSPS) is 25.1. The van der Waals surface area contributed by atoms with E-state index in [0.717, 1.165) is 13.1 Å². The van der Waals surface area contributed by atoms with Gasteiger partial charge >= 0.3 is 0 Å². The molecule has 1 aliphatic heterocycles. The summed E-state index contributed by atoms with van der Waals surface area (Å²) in [4.78, 5) is 13.3. The monoisotopic (exact) mass is 308 g/mol. The van der Waals surface area contributed by atoms with Gasteiger partial charge in [0.25, 0.3) is 5.91 Å². The lowest BCUT2D eigenvalue weighted by Gasteiger charge is -2.31. The van der Waals surface area contributed by atoms with Crippen LogP contribution in [0.25, 0.3) is 0 Å². The average Bonchev–Trinajstić information content (AvgIpc) is 2.37. The highest BCUT2D eigenvalue weighted by Crippen LogP contribution is 2.19. The molecule has 112 valence electrons. The number of morpholine rings is 1. The van der Waals surface area contributed by atoms with Crippen molar-refractivity contribution in [1.29, 1.82) is 5.26 Å². The molecular weight excluding hydrogens is 290 g/mol. The van der Waals surface area contributed by atoms with Gasteiger partial charge in [-0.25, -0.2) is 0 Å². The molecule has 21 heavy (non-hydrogen) atoms. The van der Waals surface area contributed by atoms with Crippen molar-refractivity contribution in [3.8, 4) is 6.07 Å². The lowest BCUT2D eigenvalue weighted by atomic mass is 10.2. The van der Waals surface area contributed by atoms with Gasteiger partial charge in [0.05, 0.1) is 10.6 Å². The van der Waals surface area contributed by atoms with E-state index in [0.29, 0.717) is 22.8 Å². The molecule has 6 heteroatoms. The predicted molar refractivity (Wildman–Crippen MR) is 80.4 cm³/mol. The van der Waals surface area contributed by atoms with Crippen LogP contribution in [0, 0.1) is 11.3 Å². The molecule has 0 aromatic heterocycles. The second kappa shape index (κ2) is 6.90. The van der Waals surface area contributed by atoms with Crippen LogP contribution in [0.4, 0.5) is 5.69 Å². The van der Waals surface area contributed by atoms with Gasteiger partial charge in [0, 0.05) is 5.69 Å². The maximum Gasteiger partial charge on any atom is 0.279 e. The summed E-state index contributed by atoms with van der Waals surface area (Å²) in [6.45, 7) is 6.09. The van der Waals surface area contributed by atoms with Gasteiger partial charge in [-0.2, -0.15) is 5.26 Å². The van der Waals surface area contributed by atoms with Crippen molar-refractivity contribution >= 4 is 23.2 Å². The van der Waals surface area contributed by atoms with Gasteiger partial charge in [-0.05, 0) is 32.0 Å². The molecule has 1 aromatic carbocycles. The topological polar surface area (TPSA) is 66.6 Å². The van der Waals surface area contributed by atoms with E-state index in [4.69, 9.17) is 21.6 Å². The smallest absolute Gasteiger partial charge is 0.279 e. The molecule has 1 heterocycles. The van der Waals surface area contributed by atoms with Crippen molar-refractivity contribution in [3.63, 3.8) is 0 Å². The van der Waals surface area contributed by atoms with E-state index in [-0.39, 0.29) is 18.1 Å². The first-order chi connectivity index (χ1) is 9.97. The van der Waals surface area contributed by atoms with Crippen LogP contribution >= 0.6 is 11.6 Å². The Labute approximate surface area is 129 Å². The number of amides is 1. The van der Waals surface area contributed by atoms with Crippen molar-refractivity contribution in [1.82, 2.24) is 0 Å². The minimum atomic E-state index is -0.0629. The fourth-order valence-electron chi connectivity index (χ4n) is 2.65. The highest BCUT2D eigenvalue weighted by molar-refractivity contribution is 6.32. The molecule has 0 bridgehead atoms. The average molecular weight is 309 g/mol. The molecule has 2 N–H and O–H groups in total. The maximum absolute atomic E-state index is 12.1. The summed E-state index contributed by atoms with van der Waals surface area (Å²) in [7, 11) is 0. The number of ether oxygens (including phenoxy) is 1. The molecule has 1 aromatic rings. The quantitative estimate of drug-likeness (QED) is 0.870. The molecule has 2 rings (SSSR count). The molecule has 1 amide bonds. The molecule has 1 aliphatic rings. The fraction of sp³-hybridized carbons (Fsp3) is 0.467. The van der Waals surface area contributed by atoms with E-state index in [2.05, 4.69) is 5.32 Å². The number of hydrogen-bond donors (Lipinski definition) is 2. The van der Waals surface area contributed by atoms with Gasteiger partial charge in [0.15, 0.2) is 6.54 Å². The highest BCUT2D eigenvalue weighted by atomic mass is 35.5. The Balaban J connectivity index is 1.93. The summed E-state index contributed by atoms with van der Waals surface area (Å²) >= 11 is 5.95. The first-order valence-corrected chi connectivity index (χ1v) is 7.34. The lowest BCUT2D eigenvalue weighted by Crippen LogP contribution is -3.16. The van der Waals surface area contributed by atoms with Crippen LogP contribution in [0.15, 0.2) is 18.2 Å². The summed E-state index contributed by atoms with van der Waals surface area (Å²) in [6.07, 6.45) is 0.335. The van der Waals surface area contributed by atoms with Crippen LogP contribution in [-0.2, 0) is 9.53 Å². The Hall–Kier alpha value is -1.61. The van der Waals surface area contributed by atoms with Crippen LogP contribution < -0.4 is 10.2 Å². The summed E-state index contributed by atoms with van der Waals surface area (Å²) in [5.41, 5.74) is 1.01. The maximum atomic E-state index is 12.1. The number of nitrogens with one attached hydrogen (secondary N) is 2. The number of quaternary nitrogens is 1. The Bertz CT molecular complexity index is 561. The number of halogens is 1. The number of anilines is 1. The van der Waals surface area contributed by atoms with Crippen molar-refractivity contribution in [3.05, 3.63) is 28.8 Å². The van der Waals surface area contributed by atoms with E-state index >= 15 is 0 Å². The fourth-order valence-corrected chi connectivity index (χ4v) is 2.87. The summed E-state index contributed by atoms with van der Waals surface area (Å²) in [6, 6.07) is 6.87. The van der Waals surface area contributed by atoms with Crippen LogP contribution in [-0.4, -0.2) is 37.7 Å². The summed E-state index contributed by atoms with van der Waals surface area (Å²) in [5.74, 6) is -0.0629. The minimum Gasteiger partial charge on any atom is -0.364 e. The van der Waals surface area contributed by atoms with E-state index in [1.165, 1.54) is 4.90 Å². The zero-order valence-corrected chi connectivity index (χ0v) is 12.9. The van der Waals surface area contributed by atoms with Crippen molar-refractivity contribution in [2.45, 2.75) is 26.1 Å². The molecule has 0 aliphatic carbocycles. The number of nitriles is 1. The zero-order chi connectivity index (χ0) is 15.4. The van der Waals surface area contributed by atoms with Crippen LogP contribution in [0.5, 0.6) is 0 Å². The van der Waals surface area contributed by atoms with Gasteiger partial charge in [0.1, 0.15) is 31.4 Å². The second-order valence-electron chi connectivity index (χ2n) is 5.45. The highest BCUT2D eigenvalue weighted by Gasteiger charge is 2.27. The summed E-state index contributed by atoms with van der Waals surface area (Å²) < 4.78 is 5.66. The van der Waals surface area contributed by atoms with Gasteiger partial charge in [-0.15, -0.1) is 0 Å². The summed E-state index contributed by atoms with van der Waals surface area (Å²) in [5, 5.41) is 12.0. The number of nitrogens with zero attached hydrogens (tertiary/aromatic N) is 1. The van der Waals surface area contributed by atoms with Gasteiger partial charge in [0.2, 0.25) is 0 Å². The standard InChI is InChI=1S/C15H18ClN3O2/c1-10-7-19(8-11(2)21-10)9-15(20)18-13-4-3-12(6-17)14(16)5-13/h3-5,10-11H,7-9H2,1-2H3,(H,18,20)/p+1/t10-,11-/m0/s1. The number of rotatable bonds is 3. The number of benzene rings is 1. The molecule has 0 radical (unpaired) electrons. The zero-order valence-electron chi connectivity index (χ0n) is 12.1. The molecule has 1 fully saturated rings. The third-order valence-electron chi connectivity index (χ3n) is 3.40. The molecule has 0 saturated carbocycles. The Morgan fingerprint density at radius 1 is 1.48 bits per heavy atom. The SMILES string of the molecule is C[C@H]1C[NH+](CC(=O)Nc2ccc(C#N)c(Cl)c2)C[C@H](C)O1. The second-order valence-corrected chi connectivity index (χ2v) is 5.85. The first-order valence-electron chi connectivity index (χ1n) is 6.96. The lowest BCUT2D eigenvalue weighted by molar-refractivity contribution is -0.907. The van der Waals surface area contributed by atoms with Crippen LogP contribution in [0.2, 0.25) is 5.02 Å². The van der Waals surface area contributed by atoms with E-state index in [1.807, 2.05) is 19.9 Å². The minimum absolute atomic E-state index is 0.0629. The Morgan fingerprint density at radius 2 is 2.14 bits per heavy atom. The van der Waals surface area contributed by atoms with E-state index < -0.39 is 0 Å². The van der Waals surface area contributed by atoms with Crippen molar-refractivity contribution in [2.24, 2.45) is 0 Å². The van der Waals surface area contributed by atoms with E-state index in [1.54, 1.807) is 18.2 Å². The largest absolute Gasteiger partial charge is 0.364 e. The van der Waals surface area contributed by atoms with Crippen molar-refractivity contribution in [2.75, 3.05) is 25.0 Å². The third kappa shape index (κ3) is 4.43. The number of carbonyl (C=O) groups is 1. The molecule has 1 saturated heterocycles. The van der Waals surface area contributed by atoms with Gasteiger partial charge < -0.3 is 15.0 Å². The molecule has 0 spiro atoms. The number of carbonyl (C=O) groups excluding carboxylic acids is 1.